The van der Waals surface area contributed by atoms with Crippen molar-refractivity contribution in [1.29, 1.82) is 0 Å². The van der Waals surface area contributed by atoms with Gasteiger partial charge in [0, 0.05) is 56.9 Å². The van der Waals surface area contributed by atoms with Crippen molar-refractivity contribution in [2.75, 3.05) is 19.7 Å². The molecule has 140 valence electrons. The molecule has 0 spiro atoms. The van der Waals surface area contributed by atoms with Crippen molar-refractivity contribution in [3.63, 3.8) is 0 Å². The number of ether oxygens (including phenoxy) is 1. The summed E-state index contributed by atoms with van der Waals surface area (Å²) < 4.78 is 13.1. The van der Waals surface area contributed by atoms with Crippen molar-refractivity contribution >= 4 is 5.91 Å². The number of nitrogens with zero attached hydrogens (tertiary/aromatic N) is 3. The number of furan rings is 1. The second kappa shape index (κ2) is 7.63. The number of carbonyl (C=O) groups excluding carboxylic acids is 1. The molecule has 7 heteroatoms. The molecule has 26 heavy (non-hydrogen) atoms. The number of hydrogen-bond donors (Lipinski definition) is 1. The van der Waals surface area contributed by atoms with Crippen LogP contribution in [0.2, 0.25) is 0 Å². The Morgan fingerprint density at radius 1 is 1.42 bits per heavy atom. The molecular formula is C19H26N4O3. The van der Waals surface area contributed by atoms with Crippen LogP contribution in [0.25, 0.3) is 0 Å². The molecule has 2 saturated heterocycles. The van der Waals surface area contributed by atoms with E-state index in [0.717, 1.165) is 38.2 Å². The summed E-state index contributed by atoms with van der Waals surface area (Å²) in [5.41, 5.74) is 1.21. The molecule has 4 heterocycles. The van der Waals surface area contributed by atoms with E-state index in [1.165, 1.54) is 5.56 Å². The van der Waals surface area contributed by atoms with Crippen molar-refractivity contribution in [3.05, 3.63) is 42.1 Å². The Labute approximate surface area is 153 Å². The monoisotopic (exact) mass is 358 g/mol. The van der Waals surface area contributed by atoms with Crippen LogP contribution in [-0.2, 0) is 29.7 Å². The molecule has 7 nitrogen and oxygen atoms in total. The first-order valence-corrected chi connectivity index (χ1v) is 9.30. The van der Waals surface area contributed by atoms with Gasteiger partial charge in [-0.15, -0.1) is 0 Å². The smallest absolute Gasteiger partial charge is 0.224 e. The largest absolute Gasteiger partial charge is 0.467 e. The van der Waals surface area contributed by atoms with E-state index in [9.17, 15) is 4.79 Å². The molecule has 4 rings (SSSR count). The van der Waals surface area contributed by atoms with Crippen LogP contribution < -0.4 is 5.32 Å². The Bertz CT molecular complexity index is 727. The number of fused-ring (bicyclic) bond motifs is 1. The molecule has 0 unspecified atom stereocenters. The van der Waals surface area contributed by atoms with E-state index in [1.807, 2.05) is 30.1 Å². The second-order valence-electron chi connectivity index (χ2n) is 7.31. The van der Waals surface area contributed by atoms with Gasteiger partial charge in [0.25, 0.3) is 0 Å². The number of nitrogens with one attached hydrogen (secondary N) is 1. The number of carbonyl (C=O) groups is 1. The molecule has 3 atom stereocenters. The van der Waals surface area contributed by atoms with E-state index in [0.29, 0.717) is 13.2 Å². The molecule has 2 aromatic heterocycles. The first kappa shape index (κ1) is 17.3. The average Bonchev–Trinajstić information content (AvgIpc) is 3.31. The van der Waals surface area contributed by atoms with E-state index in [1.54, 1.807) is 6.26 Å². The molecule has 1 N–H and O–H groups in total. The minimum absolute atomic E-state index is 0.000380. The zero-order chi connectivity index (χ0) is 17.9. The summed E-state index contributed by atoms with van der Waals surface area (Å²) in [5.74, 6) is 1.14. The molecular weight excluding hydrogens is 332 g/mol. The number of piperidine rings is 1. The second-order valence-corrected chi connectivity index (χ2v) is 7.31. The summed E-state index contributed by atoms with van der Waals surface area (Å²) in [7, 11) is 1.93. The maximum absolute atomic E-state index is 12.8. The first-order valence-electron chi connectivity index (χ1n) is 9.30. The summed E-state index contributed by atoms with van der Waals surface area (Å²) >= 11 is 0. The van der Waals surface area contributed by atoms with Gasteiger partial charge < -0.3 is 14.5 Å². The van der Waals surface area contributed by atoms with E-state index in [2.05, 4.69) is 21.5 Å². The van der Waals surface area contributed by atoms with E-state index in [4.69, 9.17) is 9.15 Å². The predicted octanol–water partition coefficient (Wildman–Crippen LogP) is 1.56. The molecule has 0 aromatic carbocycles. The Hall–Kier alpha value is -2.12. The fourth-order valence-corrected chi connectivity index (χ4v) is 4.18. The standard InChI is InChI=1S/C19H26N4O3/c1-22-11-14(9-21-22)12-23-6-4-18-17(13-23)16(5-8-26-18)19(24)20-10-15-3-2-7-25-15/h2-3,7,9,11,16-18H,4-6,8,10,12-13H2,1H3,(H,20,24)/t16-,17+,18-/m1/s1. The molecule has 2 fully saturated rings. The molecule has 2 aliphatic heterocycles. The van der Waals surface area contributed by atoms with Crippen LogP contribution in [0.5, 0.6) is 0 Å². The molecule has 0 radical (unpaired) electrons. The van der Waals surface area contributed by atoms with Crippen LogP contribution in [0.3, 0.4) is 0 Å². The Balaban J connectivity index is 1.38. The van der Waals surface area contributed by atoms with E-state index >= 15 is 0 Å². The number of aryl methyl sites for hydroxylation is 1. The van der Waals surface area contributed by atoms with Gasteiger partial charge in [0.1, 0.15) is 5.76 Å². The minimum atomic E-state index is 0.000380. The molecule has 0 aliphatic carbocycles. The van der Waals surface area contributed by atoms with Gasteiger partial charge in [-0.25, -0.2) is 0 Å². The van der Waals surface area contributed by atoms with Crippen molar-refractivity contribution in [1.82, 2.24) is 20.0 Å². The SMILES string of the molecule is Cn1cc(CN2CC[C@H]3OCC[C@@H](C(=O)NCc4ccco4)[C@@H]3C2)cn1. The van der Waals surface area contributed by atoms with Crippen molar-refractivity contribution in [2.45, 2.75) is 32.0 Å². The summed E-state index contributed by atoms with van der Waals surface area (Å²) in [4.78, 5) is 15.2. The summed E-state index contributed by atoms with van der Waals surface area (Å²) in [6.45, 7) is 3.87. The number of amides is 1. The quantitative estimate of drug-likeness (QED) is 0.878. The number of rotatable bonds is 5. The third kappa shape index (κ3) is 3.83. The molecule has 2 aliphatic rings. The van der Waals surface area contributed by atoms with Gasteiger partial charge in [0.05, 0.1) is 25.1 Å². The lowest BCUT2D eigenvalue weighted by Crippen LogP contribution is -2.53. The highest BCUT2D eigenvalue weighted by molar-refractivity contribution is 5.79. The maximum atomic E-state index is 12.8. The van der Waals surface area contributed by atoms with Crippen LogP contribution in [0.15, 0.2) is 35.2 Å². The Morgan fingerprint density at radius 3 is 3.12 bits per heavy atom. The van der Waals surface area contributed by atoms with Crippen LogP contribution in [0.4, 0.5) is 0 Å². The summed E-state index contributed by atoms with van der Waals surface area (Å²) in [6, 6.07) is 3.72. The fraction of sp³-hybridized carbons (Fsp3) is 0.579. The van der Waals surface area contributed by atoms with Gasteiger partial charge in [-0.1, -0.05) is 0 Å². The minimum Gasteiger partial charge on any atom is -0.467 e. The third-order valence-corrected chi connectivity index (χ3v) is 5.47. The maximum Gasteiger partial charge on any atom is 0.224 e. The predicted molar refractivity (Wildman–Crippen MR) is 95.0 cm³/mol. The average molecular weight is 358 g/mol. The van der Waals surface area contributed by atoms with Gasteiger partial charge in [-0.05, 0) is 25.0 Å². The fourth-order valence-electron chi connectivity index (χ4n) is 4.18. The Morgan fingerprint density at radius 2 is 2.35 bits per heavy atom. The lowest BCUT2D eigenvalue weighted by atomic mass is 9.79. The van der Waals surface area contributed by atoms with E-state index in [-0.39, 0.29) is 23.8 Å². The van der Waals surface area contributed by atoms with Crippen molar-refractivity contribution in [3.8, 4) is 0 Å². The lowest BCUT2D eigenvalue weighted by molar-refractivity contribution is -0.142. The van der Waals surface area contributed by atoms with Crippen molar-refractivity contribution in [2.24, 2.45) is 18.9 Å². The third-order valence-electron chi connectivity index (χ3n) is 5.47. The van der Waals surface area contributed by atoms with Crippen LogP contribution in [0.1, 0.15) is 24.2 Å². The summed E-state index contributed by atoms with van der Waals surface area (Å²) in [6.07, 6.45) is 7.55. The number of hydrogen-bond acceptors (Lipinski definition) is 5. The van der Waals surface area contributed by atoms with Gasteiger partial charge in [-0.2, -0.15) is 5.10 Å². The van der Waals surface area contributed by atoms with Gasteiger partial charge in [0.2, 0.25) is 5.91 Å². The highest BCUT2D eigenvalue weighted by Gasteiger charge is 2.41. The Kier molecular flexibility index (Phi) is 5.08. The van der Waals surface area contributed by atoms with E-state index < -0.39 is 0 Å². The summed E-state index contributed by atoms with van der Waals surface area (Å²) in [5, 5.41) is 7.28. The van der Waals surface area contributed by atoms with Gasteiger partial charge in [0.15, 0.2) is 0 Å². The lowest BCUT2D eigenvalue weighted by Gasteiger charge is -2.44. The molecule has 0 bridgehead atoms. The normalized spacial score (nSPS) is 26.4. The molecule has 0 saturated carbocycles. The first-order chi connectivity index (χ1) is 12.7. The topological polar surface area (TPSA) is 72.5 Å². The van der Waals surface area contributed by atoms with Crippen LogP contribution in [0, 0.1) is 11.8 Å². The molecule has 2 aromatic rings. The number of likely N-dealkylation sites (tertiary alicyclic amines) is 1. The number of aromatic nitrogens is 2. The highest BCUT2D eigenvalue weighted by Crippen LogP contribution is 2.33. The highest BCUT2D eigenvalue weighted by atomic mass is 16.5. The zero-order valence-electron chi connectivity index (χ0n) is 15.1. The zero-order valence-corrected chi connectivity index (χ0v) is 15.1. The van der Waals surface area contributed by atoms with Crippen molar-refractivity contribution < 1.29 is 13.9 Å². The van der Waals surface area contributed by atoms with Gasteiger partial charge >= 0.3 is 0 Å². The van der Waals surface area contributed by atoms with Gasteiger partial charge in [-0.3, -0.25) is 14.4 Å². The van der Waals surface area contributed by atoms with Crippen LogP contribution >= 0.6 is 0 Å². The molecule has 1 amide bonds. The van der Waals surface area contributed by atoms with Crippen LogP contribution in [-0.4, -0.2) is 46.4 Å².